The fourth-order valence-electron chi connectivity index (χ4n) is 3.41. The zero-order valence-electron chi connectivity index (χ0n) is 15.6. The van der Waals surface area contributed by atoms with Crippen LogP contribution < -0.4 is 4.90 Å². The molecular formula is C20H21N4O3S+. The van der Waals surface area contributed by atoms with Crippen molar-refractivity contribution >= 4 is 23.2 Å². The molecule has 2 aromatic heterocycles. The van der Waals surface area contributed by atoms with Gasteiger partial charge in [0.1, 0.15) is 0 Å². The fraction of sp³-hybridized carbons (Fsp3) is 0.300. The molecule has 1 N–H and O–H groups in total. The number of carbonyl (C=O) groups is 2. The summed E-state index contributed by atoms with van der Waals surface area (Å²) in [7, 11) is 0. The number of carbonyl (C=O) groups excluding carboxylic acids is 2. The van der Waals surface area contributed by atoms with Gasteiger partial charge < -0.3 is 9.32 Å². The molecule has 3 aromatic rings. The minimum Gasteiger partial charge on any atom is -0.414 e. The Balaban J connectivity index is 1.41. The molecule has 8 heteroatoms. The molecule has 1 unspecified atom stereocenters. The molecule has 7 nitrogen and oxygen atoms in total. The van der Waals surface area contributed by atoms with E-state index in [4.69, 9.17) is 4.42 Å². The summed E-state index contributed by atoms with van der Waals surface area (Å²) in [6.07, 6.45) is 0.976. The Hall–Kier alpha value is -2.84. The van der Waals surface area contributed by atoms with E-state index >= 15 is 0 Å². The lowest BCUT2D eigenvalue weighted by atomic mass is 10.1. The first kappa shape index (κ1) is 18.5. The van der Waals surface area contributed by atoms with E-state index in [0.29, 0.717) is 42.5 Å². The molecule has 4 rings (SSSR count). The van der Waals surface area contributed by atoms with Crippen LogP contribution in [0.4, 0.5) is 0 Å². The van der Waals surface area contributed by atoms with E-state index in [1.165, 1.54) is 9.80 Å². The Morgan fingerprint density at radius 2 is 1.79 bits per heavy atom. The quantitative estimate of drug-likeness (QED) is 0.587. The number of rotatable bonds is 8. The van der Waals surface area contributed by atoms with E-state index in [2.05, 4.69) is 17.1 Å². The summed E-state index contributed by atoms with van der Waals surface area (Å²) in [5.74, 6) is 0.666. The van der Waals surface area contributed by atoms with Crippen molar-refractivity contribution in [2.24, 2.45) is 0 Å². The van der Waals surface area contributed by atoms with Crippen LogP contribution in [-0.2, 0) is 6.54 Å². The number of amides is 2. The first-order valence-electron chi connectivity index (χ1n) is 9.32. The van der Waals surface area contributed by atoms with Crippen molar-refractivity contribution in [3.63, 3.8) is 0 Å². The molecule has 0 aliphatic carbocycles. The van der Waals surface area contributed by atoms with Gasteiger partial charge in [-0.15, -0.1) is 21.5 Å². The first-order valence-corrected chi connectivity index (χ1v) is 10.2. The number of aromatic nitrogens is 2. The first-order chi connectivity index (χ1) is 13.7. The topological polar surface area (TPSA) is 80.7 Å². The minimum absolute atomic E-state index is 0.214. The average Bonchev–Trinajstić information content (AvgIpc) is 3.43. The number of hydrogen-bond acceptors (Lipinski definition) is 6. The van der Waals surface area contributed by atoms with Crippen molar-refractivity contribution in [1.82, 2.24) is 15.1 Å². The van der Waals surface area contributed by atoms with Gasteiger partial charge >= 0.3 is 0 Å². The van der Waals surface area contributed by atoms with E-state index < -0.39 is 0 Å². The van der Waals surface area contributed by atoms with Gasteiger partial charge in [0.05, 0.1) is 35.6 Å². The van der Waals surface area contributed by atoms with Crippen LogP contribution in [0, 0.1) is 0 Å². The van der Waals surface area contributed by atoms with Crippen LogP contribution in [0.5, 0.6) is 0 Å². The van der Waals surface area contributed by atoms with Gasteiger partial charge in [-0.1, -0.05) is 25.1 Å². The van der Waals surface area contributed by atoms with Crippen LogP contribution >= 0.6 is 11.3 Å². The summed E-state index contributed by atoms with van der Waals surface area (Å²) in [5, 5.41) is 10.2. The minimum atomic E-state index is -0.214. The number of imide groups is 1. The Labute approximate surface area is 166 Å². The lowest BCUT2D eigenvalue weighted by molar-refractivity contribution is -0.914. The van der Waals surface area contributed by atoms with E-state index in [-0.39, 0.29) is 11.8 Å². The van der Waals surface area contributed by atoms with Crippen molar-refractivity contribution in [3.8, 4) is 10.8 Å². The monoisotopic (exact) mass is 397 g/mol. The highest BCUT2D eigenvalue weighted by Gasteiger charge is 2.35. The molecule has 3 heterocycles. The van der Waals surface area contributed by atoms with Gasteiger partial charge in [0.25, 0.3) is 23.6 Å². The number of fused-ring (bicyclic) bond motifs is 1. The van der Waals surface area contributed by atoms with E-state index in [1.54, 1.807) is 35.6 Å². The van der Waals surface area contributed by atoms with Crippen LogP contribution in [0.1, 0.15) is 40.0 Å². The summed E-state index contributed by atoms with van der Waals surface area (Å²) in [6, 6.07) is 10.9. The van der Waals surface area contributed by atoms with Crippen LogP contribution in [0.2, 0.25) is 0 Å². The second-order valence-electron chi connectivity index (χ2n) is 6.71. The number of quaternary nitrogens is 1. The zero-order valence-corrected chi connectivity index (χ0v) is 16.4. The molecule has 1 aromatic carbocycles. The fourth-order valence-corrected chi connectivity index (χ4v) is 4.05. The number of thiophene rings is 1. The molecule has 28 heavy (non-hydrogen) atoms. The van der Waals surface area contributed by atoms with Gasteiger partial charge in [0.15, 0.2) is 6.54 Å². The van der Waals surface area contributed by atoms with Gasteiger partial charge in [-0.25, -0.2) is 0 Å². The van der Waals surface area contributed by atoms with E-state index in [0.717, 1.165) is 17.8 Å². The van der Waals surface area contributed by atoms with E-state index in [9.17, 15) is 9.59 Å². The van der Waals surface area contributed by atoms with Crippen molar-refractivity contribution < 1.29 is 18.9 Å². The van der Waals surface area contributed by atoms with Crippen LogP contribution in [0.3, 0.4) is 0 Å². The van der Waals surface area contributed by atoms with Crippen LogP contribution in [-0.4, -0.2) is 46.5 Å². The maximum absolute atomic E-state index is 12.5. The second kappa shape index (κ2) is 8.04. The molecule has 0 saturated carbocycles. The molecule has 2 amide bonds. The number of nitrogens with zero attached hydrogens (tertiary/aromatic N) is 3. The zero-order chi connectivity index (χ0) is 19.5. The summed E-state index contributed by atoms with van der Waals surface area (Å²) in [5.41, 5.74) is 0.976. The van der Waals surface area contributed by atoms with Gasteiger partial charge in [0, 0.05) is 0 Å². The van der Waals surface area contributed by atoms with Gasteiger partial charge in [0.2, 0.25) is 0 Å². The highest BCUT2D eigenvalue weighted by Crippen LogP contribution is 2.23. The highest BCUT2D eigenvalue weighted by atomic mass is 32.1. The van der Waals surface area contributed by atoms with Crippen LogP contribution in [0.25, 0.3) is 10.8 Å². The Bertz CT molecular complexity index is 948. The van der Waals surface area contributed by atoms with Crippen molar-refractivity contribution in [1.29, 1.82) is 0 Å². The summed E-state index contributed by atoms with van der Waals surface area (Å²) < 4.78 is 5.79. The maximum Gasteiger partial charge on any atom is 0.271 e. The largest absolute Gasteiger partial charge is 0.414 e. The van der Waals surface area contributed by atoms with Crippen molar-refractivity contribution in [2.45, 2.75) is 19.9 Å². The number of nitrogens with one attached hydrogen (secondary N) is 1. The standard InChI is InChI=1S/C20H20N4O3S/c1-2-9-23(13-17-21-22-18(27-17)16-8-5-12-28-16)10-11-24-19(25)14-6-3-4-7-15(14)20(24)26/h3-8,12H,2,9-11,13H2,1H3/p+1. The van der Waals surface area contributed by atoms with Gasteiger partial charge in [-0.3, -0.25) is 14.5 Å². The summed E-state index contributed by atoms with van der Waals surface area (Å²) in [6.45, 7) is 4.56. The molecule has 0 radical (unpaired) electrons. The molecule has 144 valence electrons. The molecule has 1 aliphatic heterocycles. The van der Waals surface area contributed by atoms with Gasteiger partial charge in [-0.05, 0) is 30.0 Å². The number of benzene rings is 1. The third kappa shape index (κ3) is 3.61. The van der Waals surface area contributed by atoms with Crippen LogP contribution in [0.15, 0.2) is 46.2 Å². The summed E-state index contributed by atoms with van der Waals surface area (Å²) in [4.78, 5) is 28.5. The van der Waals surface area contributed by atoms with Gasteiger partial charge in [-0.2, -0.15) is 0 Å². The third-order valence-corrected chi connectivity index (χ3v) is 5.63. The predicted octanol–water partition coefficient (Wildman–Crippen LogP) is 1.89. The Kier molecular flexibility index (Phi) is 5.31. The highest BCUT2D eigenvalue weighted by molar-refractivity contribution is 7.13. The smallest absolute Gasteiger partial charge is 0.271 e. The lowest BCUT2D eigenvalue weighted by Gasteiger charge is -2.20. The lowest BCUT2D eigenvalue weighted by Crippen LogP contribution is -3.11. The number of hydrogen-bond donors (Lipinski definition) is 1. The molecule has 0 spiro atoms. The molecule has 0 saturated heterocycles. The SMILES string of the molecule is CCC[NH+](CCN1C(=O)c2ccccc2C1=O)Cc1nnc(-c2cccs2)o1. The summed E-state index contributed by atoms with van der Waals surface area (Å²) >= 11 is 1.56. The molecule has 0 bridgehead atoms. The van der Waals surface area contributed by atoms with E-state index in [1.807, 2.05) is 17.5 Å². The molecule has 1 aliphatic rings. The molecular weight excluding hydrogens is 376 g/mol. The maximum atomic E-state index is 12.5. The molecule has 0 fully saturated rings. The predicted molar refractivity (Wildman–Crippen MR) is 104 cm³/mol. The third-order valence-electron chi connectivity index (χ3n) is 4.77. The molecule has 1 atom stereocenters. The van der Waals surface area contributed by atoms with Crippen molar-refractivity contribution in [3.05, 3.63) is 58.8 Å². The Morgan fingerprint density at radius 3 is 2.43 bits per heavy atom. The second-order valence-corrected chi connectivity index (χ2v) is 7.66. The normalized spacial score (nSPS) is 14.5. The average molecular weight is 397 g/mol. The Morgan fingerprint density at radius 1 is 1.04 bits per heavy atom. The van der Waals surface area contributed by atoms with Crippen molar-refractivity contribution in [2.75, 3.05) is 19.6 Å².